The first-order chi connectivity index (χ1) is 5.79. The first kappa shape index (κ1) is 9.04. The third-order valence-corrected chi connectivity index (χ3v) is 2.18. The summed E-state index contributed by atoms with van der Waals surface area (Å²) in [7, 11) is 2.06. The molecule has 0 atom stereocenters. The average Bonchev–Trinajstić information content (AvgIpc) is 2.43. The van der Waals surface area contributed by atoms with E-state index >= 15 is 0 Å². The predicted molar refractivity (Wildman–Crippen MR) is 53.3 cm³/mol. The molecule has 0 aromatic rings. The highest BCUT2D eigenvalue weighted by Gasteiger charge is 2.16. The average molecular weight is 164 g/mol. The molecule has 0 N–H and O–H groups in total. The van der Waals surface area contributed by atoms with E-state index in [1.165, 1.54) is 5.57 Å². The normalized spacial score (nSPS) is 18.0. The molecule has 0 aromatic heterocycles. The highest BCUT2D eigenvalue weighted by Crippen LogP contribution is 2.24. The number of hydrogen-bond donors (Lipinski definition) is 0. The molecule has 0 spiro atoms. The Kier molecular flexibility index (Phi) is 3.09. The zero-order valence-corrected chi connectivity index (χ0v) is 7.88. The number of allylic oxidation sites excluding steroid dienone is 2. The Balaban J connectivity index is 2.71. The third-order valence-electron chi connectivity index (χ3n) is 2.18. The molecule has 0 aliphatic carbocycles. The molecule has 0 bridgehead atoms. The summed E-state index contributed by atoms with van der Waals surface area (Å²) in [6.07, 6.45) is 6.40. The van der Waals surface area contributed by atoms with Gasteiger partial charge in [0.15, 0.2) is 0 Å². The molecule has 2 heteroatoms. The summed E-state index contributed by atoms with van der Waals surface area (Å²) in [6, 6.07) is 0. The molecule has 0 amide bonds. The lowest BCUT2D eigenvalue weighted by Crippen LogP contribution is -2.11. The monoisotopic (exact) mass is 164 g/mol. The van der Waals surface area contributed by atoms with Gasteiger partial charge in [0.25, 0.3) is 0 Å². The van der Waals surface area contributed by atoms with E-state index < -0.39 is 0 Å². The maximum atomic E-state index is 4.02. The number of hydrogen-bond acceptors (Lipinski definition) is 2. The molecule has 0 unspecified atom stereocenters. The van der Waals surface area contributed by atoms with Gasteiger partial charge in [0, 0.05) is 13.6 Å². The Morgan fingerprint density at radius 1 is 1.67 bits per heavy atom. The van der Waals surface area contributed by atoms with Crippen LogP contribution in [0.5, 0.6) is 0 Å². The Bertz CT molecular complexity index is 226. The minimum absolute atomic E-state index is 1.02. The number of aliphatic imine (C=N–C) groups is 1. The summed E-state index contributed by atoms with van der Waals surface area (Å²) in [5, 5.41) is 0. The first-order valence-electron chi connectivity index (χ1n) is 4.30. The fourth-order valence-electron chi connectivity index (χ4n) is 1.48. The van der Waals surface area contributed by atoms with Crippen LogP contribution in [-0.4, -0.2) is 25.2 Å². The minimum Gasteiger partial charge on any atom is -0.359 e. The zero-order valence-electron chi connectivity index (χ0n) is 7.88. The van der Waals surface area contributed by atoms with Crippen molar-refractivity contribution in [2.24, 2.45) is 4.99 Å². The van der Waals surface area contributed by atoms with Crippen LogP contribution in [0.25, 0.3) is 0 Å². The van der Waals surface area contributed by atoms with E-state index in [0.717, 1.165) is 25.2 Å². The van der Waals surface area contributed by atoms with E-state index in [9.17, 15) is 0 Å². The molecule has 1 aliphatic rings. The summed E-state index contributed by atoms with van der Waals surface area (Å²) in [5.74, 6) is 1.08. The van der Waals surface area contributed by atoms with Crippen LogP contribution in [-0.2, 0) is 0 Å². The summed E-state index contributed by atoms with van der Waals surface area (Å²) in [4.78, 5) is 6.18. The minimum atomic E-state index is 1.02. The fourth-order valence-corrected chi connectivity index (χ4v) is 1.48. The van der Waals surface area contributed by atoms with E-state index in [-0.39, 0.29) is 0 Å². The van der Waals surface area contributed by atoms with Gasteiger partial charge in [-0.1, -0.05) is 12.2 Å². The van der Waals surface area contributed by atoms with Gasteiger partial charge in [0.05, 0.1) is 0 Å². The summed E-state index contributed by atoms with van der Waals surface area (Å²) < 4.78 is 0. The van der Waals surface area contributed by atoms with Crippen molar-refractivity contribution >= 4 is 6.72 Å². The van der Waals surface area contributed by atoms with E-state index in [2.05, 4.69) is 35.8 Å². The Morgan fingerprint density at radius 2 is 2.42 bits per heavy atom. The number of rotatable bonds is 3. The topological polar surface area (TPSA) is 15.6 Å². The van der Waals surface area contributed by atoms with E-state index in [1.807, 2.05) is 6.92 Å². The maximum Gasteiger partial charge on any atom is 0.127 e. The largest absolute Gasteiger partial charge is 0.359 e. The van der Waals surface area contributed by atoms with Crippen molar-refractivity contribution in [1.82, 2.24) is 4.90 Å². The first-order valence-corrected chi connectivity index (χ1v) is 4.30. The lowest BCUT2D eigenvalue weighted by molar-refractivity contribution is 0.456. The van der Waals surface area contributed by atoms with Crippen LogP contribution in [0.4, 0.5) is 0 Å². The lowest BCUT2D eigenvalue weighted by Gasteiger charge is -2.10. The van der Waals surface area contributed by atoms with Crippen LogP contribution >= 0.6 is 0 Å². The van der Waals surface area contributed by atoms with Gasteiger partial charge >= 0.3 is 0 Å². The van der Waals surface area contributed by atoms with Gasteiger partial charge in [-0.15, -0.1) is 0 Å². The third kappa shape index (κ3) is 1.76. The van der Waals surface area contributed by atoms with Crippen molar-refractivity contribution in [3.8, 4) is 0 Å². The molecule has 0 radical (unpaired) electrons. The summed E-state index contributed by atoms with van der Waals surface area (Å²) in [5.41, 5.74) is 1.41. The molecule has 0 aromatic carbocycles. The van der Waals surface area contributed by atoms with Crippen LogP contribution in [0.15, 0.2) is 28.5 Å². The van der Waals surface area contributed by atoms with Crippen molar-refractivity contribution in [3.63, 3.8) is 0 Å². The van der Waals surface area contributed by atoms with E-state index in [0.29, 0.717) is 0 Å². The molecular weight excluding hydrogens is 148 g/mol. The van der Waals surface area contributed by atoms with Crippen molar-refractivity contribution < 1.29 is 0 Å². The van der Waals surface area contributed by atoms with Crippen molar-refractivity contribution in [2.75, 3.05) is 13.6 Å². The second-order valence-corrected chi connectivity index (χ2v) is 3.03. The molecule has 2 nitrogen and oxygen atoms in total. The van der Waals surface area contributed by atoms with Crippen molar-refractivity contribution in [2.45, 2.75) is 19.8 Å². The molecule has 1 rings (SSSR count). The van der Waals surface area contributed by atoms with Gasteiger partial charge in [-0.2, -0.15) is 0 Å². The zero-order chi connectivity index (χ0) is 8.97. The van der Waals surface area contributed by atoms with Crippen LogP contribution in [0.3, 0.4) is 0 Å². The second kappa shape index (κ2) is 4.10. The van der Waals surface area contributed by atoms with Gasteiger partial charge in [-0.25, -0.2) is 4.99 Å². The van der Waals surface area contributed by atoms with Gasteiger partial charge < -0.3 is 4.90 Å². The smallest absolute Gasteiger partial charge is 0.127 e. The van der Waals surface area contributed by atoms with Crippen LogP contribution in [0, 0.1) is 0 Å². The van der Waals surface area contributed by atoms with Crippen molar-refractivity contribution in [3.05, 3.63) is 23.5 Å². The van der Waals surface area contributed by atoms with Gasteiger partial charge in [-0.05, 0) is 32.1 Å². The Hall–Kier alpha value is -1.05. The SMILES string of the molecule is C=NC1=C(C/C=C\C)CCN1C. The van der Waals surface area contributed by atoms with E-state index in [1.54, 1.807) is 0 Å². The predicted octanol–water partition coefficient (Wildman–Crippen LogP) is 2.20. The Morgan fingerprint density at radius 3 is 3.00 bits per heavy atom. The van der Waals surface area contributed by atoms with E-state index in [4.69, 9.17) is 0 Å². The lowest BCUT2D eigenvalue weighted by atomic mass is 10.1. The van der Waals surface area contributed by atoms with Gasteiger partial charge in [0.1, 0.15) is 5.82 Å². The molecule has 1 heterocycles. The fraction of sp³-hybridized carbons (Fsp3) is 0.500. The highest BCUT2D eigenvalue weighted by molar-refractivity contribution is 5.32. The molecule has 66 valence electrons. The second-order valence-electron chi connectivity index (χ2n) is 3.03. The van der Waals surface area contributed by atoms with Crippen LogP contribution < -0.4 is 0 Å². The van der Waals surface area contributed by atoms with Gasteiger partial charge in [-0.3, -0.25) is 0 Å². The Labute approximate surface area is 74.3 Å². The molecule has 12 heavy (non-hydrogen) atoms. The number of nitrogens with zero attached hydrogens (tertiary/aromatic N) is 2. The quantitative estimate of drug-likeness (QED) is 0.461. The maximum absolute atomic E-state index is 4.02. The van der Waals surface area contributed by atoms with Gasteiger partial charge in [0.2, 0.25) is 0 Å². The molecule has 0 fully saturated rings. The summed E-state index contributed by atoms with van der Waals surface area (Å²) >= 11 is 0. The highest BCUT2D eigenvalue weighted by atomic mass is 15.2. The molecule has 1 aliphatic heterocycles. The summed E-state index contributed by atoms with van der Waals surface area (Å²) in [6.45, 7) is 6.70. The standard InChI is InChI=1S/C10H16N2/c1-4-5-6-9-7-8-12(3)10(9)11-2/h4-5H,2,6-8H2,1,3H3/b5-4-. The molecular formula is C10H16N2. The molecule has 0 saturated carbocycles. The van der Waals surface area contributed by atoms with Crippen molar-refractivity contribution in [1.29, 1.82) is 0 Å². The van der Waals surface area contributed by atoms with Crippen LogP contribution in [0.2, 0.25) is 0 Å². The van der Waals surface area contributed by atoms with Crippen LogP contribution in [0.1, 0.15) is 19.8 Å². The molecule has 0 saturated heterocycles.